The maximum atomic E-state index is 12.1. The Balaban J connectivity index is 2.52. The quantitative estimate of drug-likeness (QED) is 0.696. The maximum Gasteiger partial charge on any atom is 0.329 e. The Hall–Kier alpha value is -1.30. The number of hydrogen-bond donors (Lipinski definition) is 3. The average Bonchev–Trinajstić information content (AvgIpc) is 2.39. The number of hydrogen-bond acceptors (Lipinski definition) is 3. The summed E-state index contributed by atoms with van der Waals surface area (Å²) < 4.78 is 0. The molecule has 1 saturated carbocycles. The molecule has 0 radical (unpaired) electrons. The monoisotopic (exact) mass is 299 g/mol. The number of carboxylic acid groups (broad SMARTS) is 1. The molecular formula is C15H29N3O3. The van der Waals surface area contributed by atoms with Gasteiger partial charge >= 0.3 is 12.0 Å². The van der Waals surface area contributed by atoms with Crippen molar-refractivity contribution in [3.05, 3.63) is 0 Å². The third-order valence-electron chi connectivity index (χ3n) is 4.28. The van der Waals surface area contributed by atoms with Gasteiger partial charge in [0, 0.05) is 6.04 Å². The van der Waals surface area contributed by atoms with E-state index >= 15 is 0 Å². The highest BCUT2D eigenvalue weighted by molar-refractivity contribution is 5.86. The van der Waals surface area contributed by atoms with Gasteiger partial charge < -0.3 is 20.6 Å². The van der Waals surface area contributed by atoms with Crippen molar-refractivity contribution in [2.45, 2.75) is 57.5 Å². The second-order valence-electron chi connectivity index (χ2n) is 6.66. The standard InChI is InChI=1S/C15H29N3O3/c1-11-5-8-15(9-6-11,13(19)20)17-14(21)16-12(2)7-10-18(3)4/h11-12H,5-10H2,1-4H3,(H,19,20)(H2,16,17,21). The van der Waals surface area contributed by atoms with Crippen LogP contribution in [0.5, 0.6) is 0 Å². The molecule has 0 heterocycles. The van der Waals surface area contributed by atoms with E-state index < -0.39 is 11.5 Å². The minimum Gasteiger partial charge on any atom is -0.480 e. The lowest BCUT2D eigenvalue weighted by Gasteiger charge is -2.36. The number of nitrogens with zero attached hydrogens (tertiary/aromatic N) is 1. The third-order valence-corrected chi connectivity index (χ3v) is 4.28. The predicted molar refractivity (Wildman–Crippen MR) is 82.3 cm³/mol. The summed E-state index contributed by atoms with van der Waals surface area (Å²) in [6.45, 7) is 4.93. The summed E-state index contributed by atoms with van der Waals surface area (Å²) in [6.07, 6.45) is 3.51. The molecule has 1 rings (SSSR count). The van der Waals surface area contributed by atoms with Crippen molar-refractivity contribution in [2.75, 3.05) is 20.6 Å². The van der Waals surface area contributed by atoms with E-state index in [1.54, 1.807) is 0 Å². The van der Waals surface area contributed by atoms with Crippen LogP contribution in [0.2, 0.25) is 0 Å². The van der Waals surface area contributed by atoms with Gasteiger partial charge in [-0.2, -0.15) is 0 Å². The number of carbonyl (C=O) groups is 2. The fourth-order valence-electron chi connectivity index (χ4n) is 2.65. The van der Waals surface area contributed by atoms with E-state index in [0.29, 0.717) is 18.8 Å². The molecule has 3 N–H and O–H groups in total. The van der Waals surface area contributed by atoms with Gasteiger partial charge in [-0.1, -0.05) is 6.92 Å². The lowest BCUT2D eigenvalue weighted by molar-refractivity contribution is -0.146. The average molecular weight is 299 g/mol. The number of amides is 2. The number of aliphatic carboxylic acids is 1. The van der Waals surface area contributed by atoms with Crippen molar-refractivity contribution in [3.63, 3.8) is 0 Å². The predicted octanol–water partition coefficient (Wildman–Crippen LogP) is 1.66. The number of carbonyl (C=O) groups excluding carboxylic acids is 1. The molecule has 21 heavy (non-hydrogen) atoms. The van der Waals surface area contributed by atoms with Gasteiger partial charge in [-0.05, 0) is 65.6 Å². The molecular weight excluding hydrogens is 270 g/mol. The second kappa shape index (κ2) is 7.64. The Labute approximate surface area is 127 Å². The summed E-state index contributed by atoms with van der Waals surface area (Å²) >= 11 is 0. The minimum atomic E-state index is -1.10. The number of nitrogens with one attached hydrogen (secondary N) is 2. The van der Waals surface area contributed by atoms with Crippen LogP contribution in [0.15, 0.2) is 0 Å². The summed E-state index contributed by atoms with van der Waals surface area (Å²) in [5.41, 5.74) is -1.10. The minimum absolute atomic E-state index is 0.0146. The zero-order valence-electron chi connectivity index (χ0n) is 13.6. The molecule has 1 unspecified atom stereocenters. The zero-order chi connectivity index (χ0) is 16.0. The summed E-state index contributed by atoms with van der Waals surface area (Å²) in [6, 6.07) is -0.362. The molecule has 1 aliphatic rings. The van der Waals surface area contributed by atoms with Gasteiger partial charge in [0.25, 0.3) is 0 Å². The topological polar surface area (TPSA) is 81.7 Å². The first kappa shape index (κ1) is 17.8. The second-order valence-corrected chi connectivity index (χ2v) is 6.66. The third kappa shape index (κ3) is 5.53. The zero-order valence-corrected chi connectivity index (χ0v) is 13.6. The summed E-state index contributed by atoms with van der Waals surface area (Å²) in [4.78, 5) is 25.7. The maximum absolute atomic E-state index is 12.1. The van der Waals surface area contributed by atoms with Crippen molar-refractivity contribution in [3.8, 4) is 0 Å². The lowest BCUT2D eigenvalue weighted by atomic mass is 9.77. The Morgan fingerprint density at radius 1 is 1.33 bits per heavy atom. The van der Waals surface area contributed by atoms with E-state index in [9.17, 15) is 14.7 Å². The first-order valence-corrected chi connectivity index (χ1v) is 7.72. The molecule has 1 atom stereocenters. The van der Waals surface area contributed by atoms with Gasteiger partial charge in [-0.3, -0.25) is 0 Å². The highest BCUT2D eigenvalue weighted by Crippen LogP contribution is 2.32. The van der Waals surface area contributed by atoms with Crippen LogP contribution in [0.4, 0.5) is 4.79 Å². The number of rotatable bonds is 6. The van der Waals surface area contributed by atoms with Crippen LogP contribution in [-0.4, -0.2) is 54.2 Å². The number of carboxylic acids is 1. The summed E-state index contributed by atoms with van der Waals surface area (Å²) in [5, 5.41) is 15.0. The molecule has 0 spiro atoms. The van der Waals surface area contributed by atoms with Gasteiger partial charge in [0.05, 0.1) is 0 Å². The van der Waals surface area contributed by atoms with Gasteiger partial charge in [-0.15, -0.1) is 0 Å². The molecule has 1 fully saturated rings. The van der Waals surface area contributed by atoms with E-state index in [1.165, 1.54) is 0 Å². The van der Waals surface area contributed by atoms with E-state index in [-0.39, 0.29) is 12.1 Å². The van der Waals surface area contributed by atoms with Gasteiger partial charge in [0.1, 0.15) is 5.54 Å². The SMILES string of the molecule is CC1CCC(NC(=O)NC(C)CCN(C)C)(C(=O)O)CC1. The molecule has 1 aliphatic carbocycles. The Kier molecular flexibility index (Phi) is 6.45. The molecule has 6 nitrogen and oxygen atoms in total. The smallest absolute Gasteiger partial charge is 0.329 e. The Morgan fingerprint density at radius 3 is 2.38 bits per heavy atom. The first-order valence-electron chi connectivity index (χ1n) is 7.72. The highest BCUT2D eigenvalue weighted by Gasteiger charge is 2.42. The van der Waals surface area contributed by atoms with Crippen LogP contribution in [0.1, 0.15) is 46.0 Å². The van der Waals surface area contributed by atoms with Crippen molar-refractivity contribution < 1.29 is 14.7 Å². The first-order chi connectivity index (χ1) is 9.75. The van der Waals surface area contributed by atoms with E-state index in [2.05, 4.69) is 22.5 Å². The fourth-order valence-corrected chi connectivity index (χ4v) is 2.65. The Morgan fingerprint density at radius 2 is 1.90 bits per heavy atom. The van der Waals surface area contributed by atoms with Gasteiger partial charge in [0.2, 0.25) is 0 Å². The van der Waals surface area contributed by atoms with E-state index in [0.717, 1.165) is 25.8 Å². The molecule has 6 heteroatoms. The molecule has 0 aliphatic heterocycles. The molecule has 0 aromatic carbocycles. The van der Waals surface area contributed by atoms with Crippen LogP contribution in [0.25, 0.3) is 0 Å². The summed E-state index contributed by atoms with van der Waals surface area (Å²) in [7, 11) is 3.96. The van der Waals surface area contributed by atoms with Crippen LogP contribution >= 0.6 is 0 Å². The van der Waals surface area contributed by atoms with Crippen molar-refractivity contribution >= 4 is 12.0 Å². The lowest BCUT2D eigenvalue weighted by Crippen LogP contribution is -2.59. The van der Waals surface area contributed by atoms with Crippen molar-refractivity contribution in [1.29, 1.82) is 0 Å². The molecule has 0 aromatic heterocycles. The van der Waals surface area contributed by atoms with E-state index in [4.69, 9.17) is 0 Å². The molecule has 0 aromatic rings. The van der Waals surface area contributed by atoms with Crippen LogP contribution in [0.3, 0.4) is 0 Å². The molecule has 122 valence electrons. The van der Waals surface area contributed by atoms with Crippen LogP contribution < -0.4 is 10.6 Å². The highest BCUT2D eigenvalue weighted by atomic mass is 16.4. The van der Waals surface area contributed by atoms with Crippen molar-refractivity contribution in [2.24, 2.45) is 5.92 Å². The largest absolute Gasteiger partial charge is 0.480 e. The van der Waals surface area contributed by atoms with Gasteiger partial charge in [0.15, 0.2) is 0 Å². The molecule has 0 bridgehead atoms. The fraction of sp³-hybridized carbons (Fsp3) is 0.867. The van der Waals surface area contributed by atoms with Crippen LogP contribution in [0, 0.1) is 5.92 Å². The normalized spacial score (nSPS) is 27.2. The molecule has 2 amide bonds. The Bertz CT molecular complexity index is 363. The van der Waals surface area contributed by atoms with Crippen LogP contribution in [-0.2, 0) is 4.79 Å². The van der Waals surface area contributed by atoms with E-state index in [1.807, 2.05) is 21.0 Å². The van der Waals surface area contributed by atoms with Gasteiger partial charge in [-0.25, -0.2) is 9.59 Å². The van der Waals surface area contributed by atoms with Crippen molar-refractivity contribution in [1.82, 2.24) is 15.5 Å². The number of urea groups is 1. The summed E-state index contributed by atoms with van der Waals surface area (Å²) in [5.74, 6) is -0.396. The molecule has 0 saturated heterocycles.